The first kappa shape index (κ1) is 18.6. The normalized spacial score (nSPS) is 19.3. The molecule has 0 amide bonds. The minimum Gasteiger partial charge on any atom is -0.480 e. The fraction of sp³-hybridized carbons (Fsp3) is 0.462. The fourth-order valence-corrected chi connectivity index (χ4v) is 4.70. The van der Waals surface area contributed by atoms with Crippen LogP contribution in [0.25, 0.3) is 0 Å². The maximum absolute atomic E-state index is 14.1. The monoisotopic (exact) mass is 380 g/mol. The van der Waals surface area contributed by atoms with Crippen LogP contribution in [0.15, 0.2) is 23.1 Å². The number of aliphatic carboxylic acids is 1. The molecule has 0 aromatic heterocycles. The topological polar surface area (TPSA) is 121 Å². The van der Waals surface area contributed by atoms with Crippen molar-refractivity contribution >= 4 is 31.7 Å². The van der Waals surface area contributed by atoms with E-state index < -0.39 is 42.8 Å². The van der Waals surface area contributed by atoms with Crippen LogP contribution in [0, 0.1) is 5.82 Å². The predicted molar refractivity (Wildman–Crippen MR) is 84.0 cm³/mol. The minimum absolute atomic E-state index is 0.0329. The second-order valence-corrected chi connectivity index (χ2v) is 9.16. The Morgan fingerprint density at radius 1 is 1.38 bits per heavy atom. The third-order valence-electron chi connectivity index (χ3n) is 3.68. The Morgan fingerprint density at radius 3 is 2.58 bits per heavy atom. The summed E-state index contributed by atoms with van der Waals surface area (Å²) in [7, 11) is -7.89. The number of carboxylic acids is 1. The van der Waals surface area contributed by atoms with Gasteiger partial charge in [0.15, 0.2) is 0 Å². The predicted octanol–water partition coefficient (Wildman–Crippen LogP) is 0.825. The van der Waals surface area contributed by atoms with E-state index in [-0.39, 0.29) is 24.4 Å². The van der Waals surface area contributed by atoms with Gasteiger partial charge in [0.2, 0.25) is 20.0 Å². The maximum atomic E-state index is 14.1. The molecule has 1 aromatic rings. The number of carboxylic acid groups (broad SMARTS) is 1. The molecule has 1 saturated heterocycles. The zero-order valence-corrected chi connectivity index (χ0v) is 14.4. The van der Waals surface area contributed by atoms with Crippen molar-refractivity contribution in [2.45, 2.75) is 30.7 Å². The number of nitrogens with one attached hydrogen (secondary N) is 1. The van der Waals surface area contributed by atoms with E-state index >= 15 is 0 Å². The standard InChI is InChI=1S/C13H17FN2O6S2/c1-2-23(19,20)15-11-6-5-9(8-10(11)14)24(21,22)16-7-3-4-12(16)13(17)18/h5-6,8,12,15H,2-4,7H2,1H3,(H,17,18). The molecule has 1 fully saturated rings. The molecule has 1 aliphatic rings. The second kappa shape index (κ2) is 6.65. The van der Waals surface area contributed by atoms with E-state index in [0.717, 1.165) is 16.4 Å². The first-order chi connectivity index (χ1) is 11.1. The summed E-state index contributed by atoms with van der Waals surface area (Å²) in [5.74, 6) is -2.58. The summed E-state index contributed by atoms with van der Waals surface area (Å²) in [6.07, 6.45) is 0.582. The largest absolute Gasteiger partial charge is 0.480 e. The van der Waals surface area contributed by atoms with Crippen molar-refractivity contribution in [3.8, 4) is 0 Å². The van der Waals surface area contributed by atoms with Crippen molar-refractivity contribution in [1.29, 1.82) is 0 Å². The molecule has 1 heterocycles. The van der Waals surface area contributed by atoms with Crippen molar-refractivity contribution in [2.75, 3.05) is 17.0 Å². The van der Waals surface area contributed by atoms with Gasteiger partial charge in [-0.2, -0.15) is 4.31 Å². The van der Waals surface area contributed by atoms with Crippen LogP contribution in [0.4, 0.5) is 10.1 Å². The maximum Gasteiger partial charge on any atom is 0.322 e. The number of halogens is 1. The molecule has 0 aliphatic carbocycles. The van der Waals surface area contributed by atoms with Gasteiger partial charge in [-0.3, -0.25) is 9.52 Å². The lowest BCUT2D eigenvalue weighted by molar-refractivity contribution is -0.140. The molecule has 0 spiro atoms. The fourth-order valence-electron chi connectivity index (χ4n) is 2.39. The number of nitrogens with zero attached hydrogens (tertiary/aromatic N) is 1. The van der Waals surface area contributed by atoms with Gasteiger partial charge in [0.1, 0.15) is 11.9 Å². The van der Waals surface area contributed by atoms with E-state index in [1.54, 1.807) is 0 Å². The van der Waals surface area contributed by atoms with E-state index in [1.165, 1.54) is 6.92 Å². The Hall–Kier alpha value is -1.72. The van der Waals surface area contributed by atoms with Crippen molar-refractivity contribution in [2.24, 2.45) is 0 Å². The highest BCUT2D eigenvalue weighted by molar-refractivity contribution is 7.92. The SMILES string of the molecule is CCS(=O)(=O)Nc1ccc(S(=O)(=O)N2CCCC2C(=O)O)cc1F. The van der Waals surface area contributed by atoms with E-state index in [9.17, 15) is 26.0 Å². The van der Waals surface area contributed by atoms with Crippen molar-refractivity contribution < 1.29 is 31.1 Å². The highest BCUT2D eigenvalue weighted by atomic mass is 32.2. The third kappa shape index (κ3) is 3.68. The van der Waals surface area contributed by atoms with E-state index in [2.05, 4.69) is 0 Å². The summed E-state index contributed by atoms with van der Waals surface area (Å²) in [6, 6.07) is 1.54. The van der Waals surface area contributed by atoms with Gasteiger partial charge in [-0.05, 0) is 38.0 Å². The van der Waals surface area contributed by atoms with Crippen LogP contribution < -0.4 is 4.72 Å². The smallest absolute Gasteiger partial charge is 0.322 e. The molecule has 1 aliphatic heterocycles. The average Bonchev–Trinajstić information content (AvgIpc) is 2.99. The summed E-state index contributed by atoms with van der Waals surface area (Å²) in [4.78, 5) is 10.7. The van der Waals surface area contributed by atoms with Crippen LogP contribution in [0.2, 0.25) is 0 Å². The third-order valence-corrected chi connectivity index (χ3v) is 6.88. The van der Waals surface area contributed by atoms with Crippen LogP contribution >= 0.6 is 0 Å². The molecule has 2 rings (SSSR count). The number of sulfonamides is 2. The van der Waals surface area contributed by atoms with Gasteiger partial charge in [0.25, 0.3) is 0 Å². The molecular formula is C13H17FN2O6S2. The molecule has 24 heavy (non-hydrogen) atoms. The highest BCUT2D eigenvalue weighted by Gasteiger charge is 2.39. The second-order valence-electron chi connectivity index (χ2n) is 5.26. The molecule has 0 bridgehead atoms. The summed E-state index contributed by atoms with van der Waals surface area (Å²) < 4.78 is 64.8. The first-order valence-electron chi connectivity index (χ1n) is 7.13. The molecule has 0 saturated carbocycles. The van der Waals surface area contributed by atoms with Gasteiger partial charge in [-0.25, -0.2) is 21.2 Å². The Bertz CT molecular complexity index is 853. The number of rotatable bonds is 6. The minimum atomic E-state index is -4.19. The van der Waals surface area contributed by atoms with Crippen molar-refractivity contribution in [1.82, 2.24) is 4.31 Å². The number of carbonyl (C=O) groups is 1. The van der Waals surface area contributed by atoms with Crippen LogP contribution in [-0.2, 0) is 24.8 Å². The van der Waals surface area contributed by atoms with Crippen LogP contribution in [0.5, 0.6) is 0 Å². The zero-order chi connectivity index (χ0) is 18.1. The van der Waals surface area contributed by atoms with Gasteiger partial charge in [-0.1, -0.05) is 0 Å². The van der Waals surface area contributed by atoms with Crippen LogP contribution in [0.3, 0.4) is 0 Å². The van der Waals surface area contributed by atoms with Crippen LogP contribution in [-0.4, -0.2) is 50.6 Å². The molecule has 1 atom stereocenters. The molecule has 1 unspecified atom stereocenters. The molecule has 2 N–H and O–H groups in total. The molecule has 134 valence electrons. The van der Waals surface area contributed by atoms with Gasteiger partial charge < -0.3 is 5.11 Å². The van der Waals surface area contributed by atoms with Gasteiger partial charge in [0, 0.05) is 6.54 Å². The van der Waals surface area contributed by atoms with E-state index in [1.807, 2.05) is 4.72 Å². The quantitative estimate of drug-likeness (QED) is 0.754. The van der Waals surface area contributed by atoms with Crippen LogP contribution in [0.1, 0.15) is 19.8 Å². The molecule has 8 nitrogen and oxygen atoms in total. The zero-order valence-electron chi connectivity index (χ0n) is 12.8. The van der Waals surface area contributed by atoms with Crippen molar-refractivity contribution in [3.05, 3.63) is 24.0 Å². The number of anilines is 1. The Balaban J connectivity index is 2.36. The average molecular weight is 380 g/mol. The summed E-state index contributed by atoms with van der Waals surface area (Å²) in [6.45, 7) is 1.41. The van der Waals surface area contributed by atoms with E-state index in [0.29, 0.717) is 12.5 Å². The first-order valence-corrected chi connectivity index (χ1v) is 10.2. The van der Waals surface area contributed by atoms with Gasteiger partial charge >= 0.3 is 5.97 Å². The summed E-state index contributed by atoms with van der Waals surface area (Å²) in [5.41, 5.74) is -0.369. The molecule has 11 heteroatoms. The lowest BCUT2D eigenvalue weighted by atomic mass is 10.2. The number of hydrogen-bond acceptors (Lipinski definition) is 5. The van der Waals surface area contributed by atoms with Gasteiger partial charge in [0.05, 0.1) is 16.3 Å². The summed E-state index contributed by atoms with van der Waals surface area (Å²) >= 11 is 0. The molecule has 1 aromatic carbocycles. The Morgan fingerprint density at radius 2 is 2.04 bits per heavy atom. The Kier molecular flexibility index (Phi) is 5.16. The van der Waals surface area contributed by atoms with E-state index in [4.69, 9.17) is 5.11 Å². The number of hydrogen-bond donors (Lipinski definition) is 2. The summed E-state index contributed by atoms with van der Waals surface area (Å²) in [5, 5.41) is 9.09. The highest BCUT2D eigenvalue weighted by Crippen LogP contribution is 2.28. The lowest BCUT2D eigenvalue weighted by Gasteiger charge is -2.21. The Labute approximate surface area is 139 Å². The number of benzene rings is 1. The molecular weight excluding hydrogens is 363 g/mol. The molecule has 0 radical (unpaired) electrons. The van der Waals surface area contributed by atoms with Crippen molar-refractivity contribution in [3.63, 3.8) is 0 Å². The van der Waals surface area contributed by atoms with Gasteiger partial charge in [-0.15, -0.1) is 0 Å². The lowest BCUT2D eigenvalue weighted by Crippen LogP contribution is -2.40.